The number of H-pyrrole nitrogens is 1. The predicted molar refractivity (Wildman–Crippen MR) is 61.7 cm³/mol. The number of aryl methyl sites for hydroxylation is 1. The van der Waals surface area contributed by atoms with Crippen LogP contribution in [0.15, 0.2) is 9.27 Å². The number of rotatable bonds is 2. The summed E-state index contributed by atoms with van der Waals surface area (Å²) in [6.07, 6.45) is 1.93. The average Bonchev–Trinajstić information content (AvgIpc) is 2.32. The lowest BCUT2D eigenvalue weighted by atomic mass is 10.1. The van der Waals surface area contributed by atoms with Crippen LogP contribution in [0.3, 0.4) is 0 Å². The first-order chi connectivity index (χ1) is 6.38. The Bertz CT molecular complexity index is 370. The summed E-state index contributed by atoms with van der Waals surface area (Å²) in [7, 11) is 0. The normalized spacial score (nSPS) is 12.1. The Morgan fingerprint density at radius 2 is 2.00 bits per heavy atom. The first kappa shape index (κ1) is 11.6. The summed E-state index contributed by atoms with van der Waals surface area (Å²) in [6, 6.07) is 0. The van der Waals surface area contributed by atoms with Gasteiger partial charge in [0.25, 0.3) is 5.56 Å². The van der Waals surface area contributed by atoms with Crippen LogP contribution in [-0.4, -0.2) is 9.78 Å². The van der Waals surface area contributed by atoms with E-state index in [0.717, 1.165) is 18.5 Å². The zero-order valence-electron chi connectivity index (χ0n) is 9.15. The minimum Gasteiger partial charge on any atom is -0.298 e. The third-order valence-corrected chi connectivity index (χ3v) is 2.89. The summed E-state index contributed by atoms with van der Waals surface area (Å²) >= 11 is 3.33. The van der Waals surface area contributed by atoms with Crippen LogP contribution < -0.4 is 5.56 Å². The SMILES string of the molecule is CCCc1[nH]n(C(C)(C)C)c(=O)c1Br. The first-order valence-corrected chi connectivity index (χ1v) is 5.67. The molecule has 1 N–H and O–H groups in total. The Kier molecular flexibility index (Phi) is 3.24. The summed E-state index contributed by atoms with van der Waals surface area (Å²) in [5, 5.41) is 3.15. The third-order valence-electron chi connectivity index (χ3n) is 2.07. The van der Waals surface area contributed by atoms with Gasteiger partial charge in [0.05, 0.1) is 11.2 Å². The molecule has 0 saturated carbocycles. The van der Waals surface area contributed by atoms with E-state index < -0.39 is 0 Å². The molecule has 0 unspecified atom stereocenters. The van der Waals surface area contributed by atoms with Crippen LogP contribution in [0.1, 0.15) is 39.8 Å². The Morgan fingerprint density at radius 3 is 2.36 bits per heavy atom. The zero-order chi connectivity index (χ0) is 10.9. The van der Waals surface area contributed by atoms with Crippen molar-refractivity contribution < 1.29 is 0 Å². The van der Waals surface area contributed by atoms with E-state index in [2.05, 4.69) is 28.0 Å². The van der Waals surface area contributed by atoms with Crippen LogP contribution in [-0.2, 0) is 12.0 Å². The molecule has 1 aromatic rings. The summed E-state index contributed by atoms with van der Waals surface area (Å²) in [5.41, 5.74) is 0.833. The Hall–Kier alpha value is -0.510. The van der Waals surface area contributed by atoms with Crippen molar-refractivity contribution >= 4 is 15.9 Å². The number of aromatic amines is 1. The number of hydrogen-bond acceptors (Lipinski definition) is 1. The minimum absolute atomic E-state index is 0.0287. The van der Waals surface area contributed by atoms with Crippen molar-refractivity contribution in [3.05, 3.63) is 20.5 Å². The Labute approximate surface area is 92.6 Å². The van der Waals surface area contributed by atoms with E-state index in [9.17, 15) is 4.79 Å². The monoisotopic (exact) mass is 260 g/mol. The molecule has 0 amide bonds. The molecular formula is C10H17BrN2O. The highest BCUT2D eigenvalue weighted by Crippen LogP contribution is 2.16. The molecule has 1 heterocycles. The number of aromatic nitrogens is 2. The molecule has 0 fully saturated rings. The molecule has 0 aliphatic carbocycles. The van der Waals surface area contributed by atoms with Crippen molar-refractivity contribution in [2.24, 2.45) is 0 Å². The molecule has 0 bridgehead atoms. The van der Waals surface area contributed by atoms with Gasteiger partial charge in [-0.1, -0.05) is 13.3 Å². The van der Waals surface area contributed by atoms with Gasteiger partial charge in [0.1, 0.15) is 4.47 Å². The molecule has 1 aromatic heterocycles. The fourth-order valence-electron chi connectivity index (χ4n) is 1.35. The van der Waals surface area contributed by atoms with E-state index in [1.807, 2.05) is 20.8 Å². The Morgan fingerprint density at radius 1 is 1.43 bits per heavy atom. The summed E-state index contributed by atoms with van der Waals surface area (Å²) in [6.45, 7) is 8.12. The maximum Gasteiger partial charge on any atom is 0.281 e. The largest absolute Gasteiger partial charge is 0.298 e. The molecule has 3 nitrogen and oxygen atoms in total. The van der Waals surface area contributed by atoms with Gasteiger partial charge >= 0.3 is 0 Å². The van der Waals surface area contributed by atoms with Crippen LogP contribution in [0.5, 0.6) is 0 Å². The number of nitrogens with one attached hydrogen (secondary N) is 1. The lowest BCUT2D eigenvalue weighted by Gasteiger charge is -2.19. The minimum atomic E-state index is -0.189. The van der Waals surface area contributed by atoms with E-state index in [-0.39, 0.29) is 11.1 Å². The van der Waals surface area contributed by atoms with Gasteiger partial charge in [-0.15, -0.1) is 0 Å². The number of nitrogens with zero attached hydrogens (tertiary/aromatic N) is 1. The smallest absolute Gasteiger partial charge is 0.281 e. The van der Waals surface area contributed by atoms with Crippen LogP contribution >= 0.6 is 15.9 Å². The molecule has 0 atom stereocenters. The highest BCUT2D eigenvalue weighted by atomic mass is 79.9. The fraction of sp³-hybridized carbons (Fsp3) is 0.700. The first-order valence-electron chi connectivity index (χ1n) is 4.87. The fourth-order valence-corrected chi connectivity index (χ4v) is 1.81. The topological polar surface area (TPSA) is 37.8 Å². The standard InChI is InChI=1S/C10H17BrN2O/c1-5-6-7-8(11)9(14)13(12-7)10(2,3)4/h12H,5-6H2,1-4H3. The maximum absolute atomic E-state index is 11.8. The summed E-state index contributed by atoms with van der Waals surface area (Å²) in [4.78, 5) is 11.8. The van der Waals surface area contributed by atoms with Crippen molar-refractivity contribution in [1.82, 2.24) is 9.78 Å². The maximum atomic E-state index is 11.8. The molecule has 80 valence electrons. The molecule has 0 saturated heterocycles. The van der Waals surface area contributed by atoms with Crippen LogP contribution in [0.2, 0.25) is 0 Å². The quantitative estimate of drug-likeness (QED) is 0.873. The van der Waals surface area contributed by atoms with Gasteiger partial charge in [0, 0.05) is 0 Å². The molecule has 0 aliphatic rings. The Balaban J connectivity index is 3.23. The highest BCUT2D eigenvalue weighted by molar-refractivity contribution is 9.10. The second kappa shape index (κ2) is 3.93. The molecular weight excluding hydrogens is 244 g/mol. The summed E-state index contributed by atoms with van der Waals surface area (Å²) < 4.78 is 2.34. The van der Waals surface area contributed by atoms with Crippen molar-refractivity contribution in [2.45, 2.75) is 46.1 Å². The number of hydrogen-bond donors (Lipinski definition) is 1. The summed E-state index contributed by atoms with van der Waals surface area (Å²) in [5.74, 6) is 0. The second-order valence-corrected chi connectivity index (χ2v) is 5.26. The van der Waals surface area contributed by atoms with E-state index in [1.165, 1.54) is 0 Å². The third kappa shape index (κ3) is 2.11. The zero-order valence-corrected chi connectivity index (χ0v) is 10.7. The molecule has 0 radical (unpaired) electrons. The van der Waals surface area contributed by atoms with Gasteiger partial charge in [0.15, 0.2) is 0 Å². The van der Waals surface area contributed by atoms with E-state index in [0.29, 0.717) is 4.47 Å². The molecule has 14 heavy (non-hydrogen) atoms. The molecule has 1 rings (SSSR count). The molecule has 4 heteroatoms. The van der Waals surface area contributed by atoms with Gasteiger partial charge in [-0.3, -0.25) is 9.89 Å². The average molecular weight is 261 g/mol. The number of halogens is 1. The van der Waals surface area contributed by atoms with E-state index in [1.54, 1.807) is 4.68 Å². The lowest BCUT2D eigenvalue weighted by molar-refractivity contribution is 0.343. The van der Waals surface area contributed by atoms with Gasteiger partial charge in [-0.2, -0.15) is 0 Å². The van der Waals surface area contributed by atoms with Crippen molar-refractivity contribution in [3.63, 3.8) is 0 Å². The molecule has 0 spiro atoms. The lowest BCUT2D eigenvalue weighted by Crippen LogP contribution is -2.32. The predicted octanol–water partition coefficient (Wildman–Crippen LogP) is 2.65. The van der Waals surface area contributed by atoms with Crippen LogP contribution in [0.4, 0.5) is 0 Å². The van der Waals surface area contributed by atoms with Gasteiger partial charge < -0.3 is 0 Å². The van der Waals surface area contributed by atoms with Gasteiger partial charge in [-0.25, -0.2) is 4.68 Å². The van der Waals surface area contributed by atoms with Crippen molar-refractivity contribution in [2.75, 3.05) is 0 Å². The highest BCUT2D eigenvalue weighted by Gasteiger charge is 2.20. The second-order valence-electron chi connectivity index (χ2n) is 4.47. The van der Waals surface area contributed by atoms with E-state index in [4.69, 9.17) is 0 Å². The van der Waals surface area contributed by atoms with E-state index >= 15 is 0 Å². The van der Waals surface area contributed by atoms with Crippen molar-refractivity contribution in [1.29, 1.82) is 0 Å². The van der Waals surface area contributed by atoms with Gasteiger partial charge in [0.2, 0.25) is 0 Å². The molecule has 0 aromatic carbocycles. The van der Waals surface area contributed by atoms with Crippen LogP contribution in [0.25, 0.3) is 0 Å². The van der Waals surface area contributed by atoms with Crippen LogP contribution in [0, 0.1) is 0 Å². The van der Waals surface area contributed by atoms with Gasteiger partial charge in [-0.05, 0) is 43.1 Å². The van der Waals surface area contributed by atoms with Crippen molar-refractivity contribution in [3.8, 4) is 0 Å². The molecule has 0 aliphatic heterocycles.